The average Bonchev–Trinajstić information content (AvgIpc) is 2.42. The molecule has 2 atom stereocenters. The summed E-state index contributed by atoms with van der Waals surface area (Å²) in [7, 11) is 0. The molecule has 0 aromatic carbocycles. The lowest BCUT2D eigenvalue weighted by molar-refractivity contribution is -0.165. The molecule has 0 radical (unpaired) electrons. The van der Waals surface area contributed by atoms with Crippen molar-refractivity contribution in [2.24, 2.45) is 5.92 Å². The maximum absolute atomic E-state index is 10.4. The van der Waals surface area contributed by atoms with Crippen LogP contribution in [0.5, 0.6) is 0 Å². The van der Waals surface area contributed by atoms with Crippen molar-refractivity contribution in [1.82, 2.24) is 0 Å². The van der Waals surface area contributed by atoms with Gasteiger partial charge in [0.2, 0.25) is 0 Å². The zero-order valence-corrected chi connectivity index (χ0v) is 9.66. The first-order valence-electron chi connectivity index (χ1n) is 5.45. The fourth-order valence-corrected chi connectivity index (χ4v) is 1.97. The Bertz CT molecular complexity index is 227. The molecule has 0 aliphatic carbocycles. The summed E-state index contributed by atoms with van der Waals surface area (Å²) in [6.07, 6.45) is 1.45. The van der Waals surface area contributed by atoms with E-state index in [-0.39, 0.29) is 12.5 Å². The fraction of sp³-hybridized carbons (Fsp3) is 0.909. The number of carboxylic acid groups (broad SMARTS) is 1. The van der Waals surface area contributed by atoms with Crippen LogP contribution in [-0.2, 0) is 14.3 Å². The second-order valence-corrected chi connectivity index (χ2v) is 4.72. The Morgan fingerprint density at radius 1 is 1.60 bits per heavy atom. The summed E-state index contributed by atoms with van der Waals surface area (Å²) in [4.78, 5) is 10.4. The second kappa shape index (κ2) is 4.94. The van der Waals surface area contributed by atoms with Crippen LogP contribution in [0.25, 0.3) is 0 Å². The van der Waals surface area contributed by atoms with Gasteiger partial charge >= 0.3 is 5.97 Å². The first kappa shape index (κ1) is 12.5. The van der Waals surface area contributed by atoms with Gasteiger partial charge in [0.1, 0.15) is 0 Å². The zero-order valence-electron chi connectivity index (χ0n) is 9.66. The van der Waals surface area contributed by atoms with Crippen LogP contribution >= 0.6 is 0 Å². The highest BCUT2D eigenvalue weighted by molar-refractivity contribution is 5.66. The molecule has 1 heterocycles. The minimum absolute atomic E-state index is 0.0650. The van der Waals surface area contributed by atoms with Crippen molar-refractivity contribution >= 4 is 5.97 Å². The van der Waals surface area contributed by atoms with E-state index in [1.54, 1.807) is 0 Å². The largest absolute Gasteiger partial charge is 0.481 e. The number of aliphatic carboxylic acids is 1. The zero-order chi connectivity index (χ0) is 11.5. The van der Waals surface area contributed by atoms with E-state index in [0.29, 0.717) is 18.9 Å². The van der Waals surface area contributed by atoms with Crippen LogP contribution in [-0.4, -0.2) is 29.6 Å². The minimum Gasteiger partial charge on any atom is -0.481 e. The molecule has 1 aliphatic heterocycles. The van der Waals surface area contributed by atoms with Gasteiger partial charge in [-0.1, -0.05) is 13.8 Å². The Morgan fingerprint density at radius 2 is 2.27 bits per heavy atom. The molecule has 0 bridgehead atoms. The lowest BCUT2D eigenvalue weighted by Crippen LogP contribution is -2.28. The van der Waals surface area contributed by atoms with Gasteiger partial charge in [0.25, 0.3) is 0 Å². The van der Waals surface area contributed by atoms with Crippen molar-refractivity contribution in [3.8, 4) is 0 Å². The number of carbonyl (C=O) groups is 1. The van der Waals surface area contributed by atoms with Crippen molar-refractivity contribution in [2.45, 2.75) is 51.9 Å². The van der Waals surface area contributed by atoms with E-state index < -0.39 is 11.8 Å². The molecule has 88 valence electrons. The monoisotopic (exact) mass is 216 g/mol. The van der Waals surface area contributed by atoms with Gasteiger partial charge in [0, 0.05) is 12.8 Å². The molecule has 1 fully saturated rings. The Hall–Kier alpha value is -0.610. The van der Waals surface area contributed by atoms with Gasteiger partial charge in [0.05, 0.1) is 12.7 Å². The Kier molecular flexibility index (Phi) is 4.11. The standard InChI is InChI=1S/C11H20O4/c1-8(2)6-11(3)14-7-9(15-11)4-5-10(12)13/h8-9H,4-7H2,1-3H3,(H,12,13). The predicted molar refractivity (Wildman–Crippen MR) is 55.6 cm³/mol. The van der Waals surface area contributed by atoms with E-state index in [4.69, 9.17) is 14.6 Å². The molecule has 0 saturated carbocycles. The van der Waals surface area contributed by atoms with Crippen LogP contribution in [0.3, 0.4) is 0 Å². The molecule has 2 unspecified atom stereocenters. The molecule has 0 aromatic rings. The Balaban J connectivity index is 2.34. The van der Waals surface area contributed by atoms with Crippen LogP contribution in [0.1, 0.15) is 40.0 Å². The minimum atomic E-state index is -0.781. The SMILES string of the molecule is CC(C)CC1(C)OCC(CCC(=O)O)O1. The van der Waals surface area contributed by atoms with Gasteiger partial charge in [-0.15, -0.1) is 0 Å². The third-order valence-corrected chi connectivity index (χ3v) is 2.45. The first-order valence-corrected chi connectivity index (χ1v) is 5.45. The maximum Gasteiger partial charge on any atom is 0.303 e. The number of carboxylic acids is 1. The fourth-order valence-electron chi connectivity index (χ4n) is 1.97. The van der Waals surface area contributed by atoms with Crippen LogP contribution < -0.4 is 0 Å². The normalized spacial score (nSPS) is 31.1. The Labute approximate surface area is 90.6 Å². The average molecular weight is 216 g/mol. The van der Waals surface area contributed by atoms with Crippen molar-refractivity contribution in [1.29, 1.82) is 0 Å². The molecule has 0 amide bonds. The molecule has 15 heavy (non-hydrogen) atoms. The molecule has 0 spiro atoms. The topological polar surface area (TPSA) is 55.8 Å². The highest BCUT2D eigenvalue weighted by Gasteiger charge is 2.37. The van der Waals surface area contributed by atoms with Gasteiger partial charge in [-0.2, -0.15) is 0 Å². The van der Waals surface area contributed by atoms with E-state index in [2.05, 4.69) is 13.8 Å². The van der Waals surface area contributed by atoms with Crippen molar-refractivity contribution < 1.29 is 19.4 Å². The van der Waals surface area contributed by atoms with Gasteiger partial charge in [-0.3, -0.25) is 4.79 Å². The molecule has 4 nitrogen and oxygen atoms in total. The van der Waals surface area contributed by atoms with E-state index in [9.17, 15) is 4.79 Å². The summed E-state index contributed by atoms with van der Waals surface area (Å²) in [5.74, 6) is -0.790. The van der Waals surface area contributed by atoms with Gasteiger partial charge in [-0.05, 0) is 19.3 Å². The molecule has 1 N–H and O–H groups in total. The van der Waals surface area contributed by atoms with Crippen LogP contribution in [0.4, 0.5) is 0 Å². The van der Waals surface area contributed by atoms with Crippen LogP contribution in [0.2, 0.25) is 0 Å². The summed E-state index contributed by atoms with van der Waals surface area (Å²) in [5, 5.41) is 8.55. The Morgan fingerprint density at radius 3 is 2.80 bits per heavy atom. The van der Waals surface area contributed by atoms with E-state index in [1.807, 2.05) is 6.92 Å². The molecule has 4 heteroatoms. The smallest absolute Gasteiger partial charge is 0.303 e. The number of hydrogen-bond donors (Lipinski definition) is 1. The summed E-state index contributed by atoms with van der Waals surface area (Å²) >= 11 is 0. The van der Waals surface area contributed by atoms with Crippen molar-refractivity contribution in [3.05, 3.63) is 0 Å². The lowest BCUT2D eigenvalue weighted by Gasteiger charge is -2.25. The quantitative estimate of drug-likeness (QED) is 0.764. The first-order chi connectivity index (χ1) is 6.91. The number of ether oxygens (including phenoxy) is 2. The lowest BCUT2D eigenvalue weighted by atomic mass is 10.0. The highest BCUT2D eigenvalue weighted by Crippen LogP contribution is 2.31. The number of hydrogen-bond acceptors (Lipinski definition) is 3. The van der Waals surface area contributed by atoms with Gasteiger partial charge < -0.3 is 14.6 Å². The van der Waals surface area contributed by atoms with Crippen LogP contribution in [0, 0.1) is 5.92 Å². The number of rotatable bonds is 5. The molecule has 0 aromatic heterocycles. The van der Waals surface area contributed by atoms with E-state index >= 15 is 0 Å². The van der Waals surface area contributed by atoms with E-state index in [1.165, 1.54) is 0 Å². The maximum atomic E-state index is 10.4. The summed E-state index contributed by atoms with van der Waals surface area (Å²) < 4.78 is 11.3. The van der Waals surface area contributed by atoms with Crippen molar-refractivity contribution in [3.63, 3.8) is 0 Å². The highest BCUT2D eigenvalue weighted by atomic mass is 16.7. The predicted octanol–water partition coefficient (Wildman–Crippen LogP) is 2.03. The molecule has 1 aliphatic rings. The summed E-state index contributed by atoms with van der Waals surface area (Å²) in [6, 6.07) is 0. The summed E-state index contributed by atoms with van der Waals surface area (Å²) in [6.45, 7) is 6.66. The third kappa shape index (κ3) is 4.18. The summed E-state index contributed by atoms with van der Waals surface area (Å²) in [5.41, 5.74) is 0. The van der Waals surface area contributed by atoms with Crippen molar-refractivity contribution in [2.75, 3.05) is 6.61 Å². The molecular formula is C11H20O4. The molecule has 1 rings (SSSR count). The van der Waals surface area contributed by atoms with Gasteiger partial charge in [0.15, 0.2) is 5.79 Å². The van der Waals surface area contributed by atoms with Gasteiger partial charge in [-0.25, -0.2) is 0 Å². The van der Waals surface area contributed by atoms with Crippen LogP contribution in [0.15, 0.2) is 0 Å². The van der Waals surface area contributed by atoms with E-state index in [0.717, 1.165) is 6.42 Å². The molecular weight excluding hydrogens is 196 g/mol. The molecule has 1 saturated heterocycles. The second-order valence-electron chi connectivity index (χ2n) is 4.72. The third-order valence-electron chi connectivity index (χ3n) is 2.45.